The van der Waals surface area contributed by atoms with Crippen LogP contribution in [-0.4, -0.2) is 44.5 Å². The molecule has 0 radical (unpaired) electrons. The van der Waals surface area contributed by atoms with E-state index in [-0.39, 0.29) is 29.2 Å². The molecule has 0 saturated carbocycles. The molecule has 1 N–H and O–H groups in total. The Labute approximate surface area is 196 Å². The van der Waals surface area contributed by atoms with Crippen molar-refractivity contribution >= 4 is 35.1 Å². The first-order chi connectivity index (χ1) is 16.4. The second kappa shape index (κ2) is 9.78. The zero-order valence-electron chi connectivity index (χ0n) is 18.8. The number of ether oxygens (including phenoxy) is 3. The summed E-state index contributed by atoms with van der Waals surface area (Å²) in [6.45, 7) is -0.541. The Balaban J connectivity index is 1.41. The Bertz CT molecular complexity index is 1150. The average Bonchev–Trinajstić information content (AvgIpc) is 3.12. The number of nitrogens with one attached hydrogen (secondary N) is 1. The average molecular weight is 464 g/mol. The molecule has 2 aromatic carbocycles. The molecule has 0 unspecified atom stereocenters. The number of nitrogens with zero attached hydrogens (tertiary/aromatic N) is 1. The Morgan fingerprint density at radius 1 is 0.971 bits per heavy atom. The number of fused-ring (bicyclic) bond motifs is 1. The van der Waals surface area contributed by atoms with Gasteiger partial charge in [-0.1, -0.05) is 18.2 Å². The van der Waals surface area contributed by atoms with Gasteiger partial charge in [-0.3, -0.25) is 19.3 Å². The van der Waals surface area contributed by atoms with Crippen molar-refractivity contribution in [3.63, 3.8) is 0 Å². The molecule has 0 aromatic heterocycles. The number of carbonyl (C=O) groups excluding carboxylic acids is 4. The smallest absolute Gasteiger partial charge is 0.338 e. The third-order valence-electron chi connectivity index (χ3n) is 5.86. The van der Waals surface area contributed by atoms with Crippen LogP contribution < -0.4 is 19.7 Å². The minimum absolute atomic E-state index is 0.123. The van der Waals surface area contributed by atoms with Gasteiger partial charge in [0.15, 0.2) is 6.61 Å². The van der Waals surface area contributed by atoms with Gasteiger partial charge in [0.25, 0.3) is 5.91 Å². The highest BCUT2D eigenvalue weighted by Gasteiger charge is 2.47. The highest BCUT2D eigenvalue weighted by Crippen LogP contribution is 2.37. The molecule has 9 nitrogen and oxygen atoms in total. The number of imide groups is 1. The number of amides is 3. The molecule has 1 aliphatic heterocycles. The monoisotopic (exact) mass is 464 g/mol. The van der Waals surface area contributed by atoms with Crippen molar-refractivity contribution in [2.24, 2.45) is 11.8 Å². The van der Waals surface area contributed by atoms with Crippen LogP contribution in [0.15, 0.2) is 54.6 Å². The summed E-state index contributed by atoms with van der Waals surface area (Å²) >= 11 is 0. The molecule has 1 saturated heterocycles. The quantitative estimate of drug-likeness (QED) is 0.381. The number of methoxy groups -OCH3 is 2. The first-order valence-electron chi connectivity index (χ1n) is 10.7. The number of esters is 1. The number of rotatable bonds is 7. The van der Waals surface area contributed by atoms with E-state index in [0.717, 1.165) is 4.90 Å². The highest BCUT2D eigenvalue weighted by molar-refractivity contribution is 6.22. The van der Waals surface area contributed by atoms with E-state index < -0.39 is 18.5 Å². The third kappa shape index (κ3) is 4.50. The van der Waals surface area contributed by atoms with Crippen LogP contribution in [0.2, 0.25) is 0 Å². The maximum absolute atomic E-state index is 12.8. The largest absolute Gasteiger partial charge is 0.497 e. The van der Waals surface area contributed by atoms with Crippen LogP contribution in [0.5, 0.6) is 11.5 Å². The lowest BCUT2D eigenvalue weighted by atomic mass is 9.85. The van der Waals surface area contributed by atoms with Crippen molar-refractivity contribution in [2.75, 3.05) is 31.0 Å². The van der Waals surface area contributed by atoms with Crippen molar-refractivity contribution in [3.05, 3.63) is 60.2 Å². The number of hydrogen-bond donors (Lipinski definition) is 1. The number of benzene rings is 2. The number of carbonyl (C=O) groups is 4. The predicted octanol–water partition coefficient (Wildman–Crippen LogP) is 2.95. The minimum atomic E-state index is -0.757. The molecule has 0 spiro atoms. The Kier molecular flexibility index (Phi) is 6.62. The molecule has 0 bridgehead atoms. The molecule has 1 fully saturated rings. The summed E-state index contributed by atoms with van der Waals surface area (Å²) < 4.78 is 15.5. The molecule has 1 aliphatic carbocycles. The number of hydrogen-bond acceptors (Lipinski definition) is 7. The molecular formula is C25H24N2O7. The molecule has 2 aliphatic rings. The topological polar surface area (TPSA) is 111 Å². The zero-order valence-corrected chi connectivity index (χ0v) is 18.8. The van der Waals surface area contributed by atoms with Crippen LogP contribution in [0.4, 0.5) is 11.4 Å². The molecule has 34 heavy (non-hydrogen) atoms. The fraction of sp³-hybridized carbons (Fsp3) is 0.280. The van der Waals surface area contributed by atoms with Gasteiger partial charge in [-0.25, -0.2) is 4.79 Å². The molecule has 1 heterocycles. The molecule has 2 aromatic rings. The maximum atomic E-state index is 12.8. The van der Waals surface area contributed by atoms with E-state index in [4.69, 9.17) is 14.2 Å². The molecule has 176 valence electrons. The van der Waals surface area contributed by atoms with Gasteiger partial charge in [-0.05, 0) is 43.2 Å². The van der Waals surface area contributed by atoms with Gasteiger partial charge in [-0.2, -0.15) is 0 Å². The molecular weight excluding hydrogens is 440 g/mol. The van der Waals surface area contributed by atoms with Gasteiger partial charge in [0, 0.05) is 6.07 Å². The summed E-state index contributed by atoms with van der Waals surface area (Å²) in [5, 5.41) is 2.61. The van der Waals surface area contributed by atoms with Crippen molar-refractivity contribution in [2.45, 2.75) is 12.8 Å². The van der Waals surface area contributed by atoms with Gasteiger partial charge in [0.1, 0.15) is 11.5 Å². The van der Waals surface area contributed by atoms with Crippen molar-refractivity contribution in [1.82, 2.24) is 0 Å². The first kappa shape index (κ1) is 23.0. The van der Waals surface area contributed by atoms with E-state index in [2.05, 4.69) is 5.32 Å². The van der Waals surface area contributed by atoms with Crippen LogP contribution in [0, 0.1) is 11.8 Å². The molecule has 2 atom stereocenters. The van der Waals surface area contributed by atoms with E-state index in [1.165, 1.54) is 26.4 Å². The van der Waals surface area contributed by atoms with E-state index in [1.54, 1.807) is 30.3 Å². The summed E-state index contributed by atoms with van der Waals surface area (Å²) in [5.41, 5.74) is 0.800. The SMILES string of the molecule is COc1ccc(OC)c(NC(=O)COC(=O)c2cccc(N3C(=O)[C@H]4CC=CC[C@H]4C3=O)c2)c1. The number of allylic oxidation sites excluding steroid dienone is 2. The summed E-state index contributed by atoms with van der Waals surface area (Å²) in [4.78, 5) is 51.6. The molecule has 9 heteroatoms. The van der Waals surface area contributed by atoms with Crippen LogP contribution in [-0.2, 0) is 19.1 Å². The Morgan fingerprint density at radius 2 is 1.68 bits per heavy atom. The van der Waals surface area contributed by atoms with E-state index in [9.17, 15) is 19.2 Å². The lowest BCUT2D eigenvalue weighted by molar-refractivity contribution is -0.122. The van der Waals surface area contributed by atoms with E-state index in [0.29, 0.717) is 35.7 Å². The summed E-state index contributed by atoms with van der Waals surface area (Å²) in [7, 11) is 2.96. The summed E-state index contributed by atoms with van der Waals surface area (Å²) in [6.07, 6.45) is 4.88. The second-order valence-electron chi connectivity index (χ2n) is 7.91. The van der Waals surface area contributed by atoms with Crippen LogP contribution in [0.25, 0.3) is 0 Å². The Morgan fingerprint density at radius 3 is 2.32 bits per heavy atom. The van der Waals surface area contributed by atoms with Gasteiger partial charge in [-0.15, -0.1) is 0 Å². The second-order valence-corrected chi connectivity index (χ2v) is 7.91. The predicted molar refractivity (Wildman–Crippen MR) is 123 cm³/mol. The summed E-state index contributed by atoms with van der Waals surface area (Å²) in [5.74, 6) is -1.66. The van der Waals surface area contributed by atoms with Crippen molar-refractivity contribution < 1.29 is 33.4 Å². The van der Waals surface area contributed by atoms with Gasteiger partial charge < -0.3 is 19.5 Å². The minimum Gasteiger partial charge on any atom is -0.497 e. The normalized spacial score (nSPS) is 18.9. The Hall–Kier alpha value is -4.14. The van der Waals surface area contributed by atoms with E-state index in [1.807, 2.05) is 12.2 Å². The van der Waals surface area contributed by atoms with Crippen molar-refractivity contribution in [1.29, 1.82) is 0 Å². The highest BCUT2D eigenvalue weighted by atomic mass is 16.5. The van der Waals surface area contributed by atoms with Gasteiger partial charge in [0.05, 0.1) is 43.0 Å². The molecule has 4 rings (SSSR count). The van der Waals surface area contributed by atoms with Crippen LogP contribution >= 0.6 is 0 Å². The fourth-order valence-corrected chi connectivity index (χ4v) is 4.14. The zero-order chi connectivity index (χ0) is 24.2. The maximum Gasteiger partial charge on any atom is 0.338 e. The lowest BCUT2D eigenvalue weighted by Gasteiger charge is -2.16. The van der Waals surface area contributed by atoms with E-state index >= 15 is 0 Å². The fourth-order valence-electron chi connectivity index (χ4n) is 4.14. The number of anilines is 2. The van der Waals surface area contributed by atoms with Crippen molar-refractivity contribution in [3.8, 4) is 11.5 Å². The molecule has 3 amide bonds. The first-order valence-corrected chi connectivity index (χ1v) is 10.7. The van der Waals surface area contributed by atoms with Crippen LogP contribution in [0.3, 0.4) is 0 Å². The summed E-state index contributed by atoms with van der Waals surface area (Å²) in [6, 6.07) is 11.0. The third-order valence-corrected chi connectivity index (χ3v) is 5.86. The lowest BCUT2D eigenvalue weighted by Crippen LogP contribution is -2.31. The van der Waals surface area contributed by atoms with Gasteiger partial charge in [0.2, 0.25) is 11.8 Å². The standard InChI is InChI=1S/C25H24N2O7/c1-32-17-10-11-21(33-2)20(13-17)26-22(28)14-34-25(31)15-6-5-7-16(12-15)27-23(29)18-8-3-4-9-19(18)24(27)30/h3-7,10-13,18-19H,8-9,14H2,1-2H3,(H,26,28)/t18-,19+. The van der Waals surface area contributed by atoms with Gasteiger partial charge >= 0.3 is 5.97 Å². The van der Waals surface area contributed by atoms with Crippen LogP contribution in [0.1, 0.15) is 23.2 Å².